The van der Waals surface area contributed by atoms with Gasteiger partial charge in [-0.2, -0.15) is 0 Å². The van der Waals surface area contributed by atoms with Crippen LogP contribution in [0.25, 0.3) is 0 Å². The van der Waals surface area contributed by atoms with Gasteiger partial charge in [0.1, 0.15) is 19.3 Å². The Bertz CT molecular complexity index is 1760. The molecule has 0 aromatic heterocycles. The number of unbranched alkanes of at least 4 members (excludes halogenated alkanes) is 39. The monoisotopic (exact) mass is 1240 g/mol. The summed E-state index contributed by atoms with van der Waals surface area (Å²) in [5.74, 6) is -0.504. The highest BCUT2D eigenvalue weighted by molar-refractivity contribution is 7.47. The van der Waals surface area contributed by atoms with Crippen molar-refractivity contribution in [1.82, 2.24) is 5.32 Å². The Morgan fingerprint density at radius 2 is 0.701 bits per heavy atom. The van der Waals surface area contributed by atoms with Crippen LogP contribution >= 0.6 is 7.82 Å². The number of nitrogens with zero attached hydrogens (tertiary/aromatic N) is 1. The van der Waals surface area contributed by atoms with Crippen molar-refractivity contribution in [2.75, 3.05) is 40.9 Å². The molecule has 3 unspecified atom stereocenters. The average molecular weight is 1240 g/mol. The topological polar surface area (TPSA) is 111 Å². The van der Waals surface area contributed by atoms with Gasteiger partial charge in [-0.1, -0.05) is 305 Å². The van der Waals surface area contributed by atoms with E-state index in [-0.39, 0.29) is 31.5 Å². The second kappa shape index (κ2) is 66.1. The first-order valence-corrected chi connectivity index (χ1v) is 38.4. The Morgan fingerprint density at radius 3 is 1.07 bits per heavy atom. The van der Waals surface area contributed by atoms with Crippen molar-refractivity contribution in [3.63, 3.8) is 0 Å². The molecule has 0 bridgehead atoms. The van der Waals surface area contributed by atoms with Crippen LogP contribution in [0.3, 0.4) is 0 Å². The lowest BCUT2D eigenvalue weighted by molar-refractivity contribution is -0.870. The molecule has 0 radical (unpaired) electrons. The van der Waals surface area contributed by atoms with Gasteiger partial charge in [-0.25, -0.2) is 4.57 Å². The molecular formula is C77H142N2O7P+. The molecule has 2 N–H and O–H groups in total. The molecule has 0 saturated carbocycles. The van der Waals surface area contributed by atoms with Crippen LogP contribution in [0.4, 0.5) is 0 Å². The maximum atomic E-state index is 13.6. The van der Waals surface area contributed by atoms with Crippen molar-refractivity contribution >= 4 is 19.7 Å². The molecule has 0 heterocycles. The van der Waals surface area contributed by atoms with E-state index in [4.69, 9.17) is 13.8 Å². The fraction of sp³-hybridized carbons (Fsp3) is 0.792. The molecule has 1 amide bonds. The quantitative estimate of drug-likeness (QED) is 0.0205. The number of carbonyl (C=O) groups excluding carboxylic acids is 2. The summed E-state index contributed by atoms with van der Waals surface area (Å²) in [6.45, 7) is 6.98. The average Bonchev–Trinajstić information content (AvgIpc) is 3.70. The first-order chi connectivity index (χ1) is 42.4. The third-order valence-electron chi connectivity index (χ3n) is 16.3. The molecule has 87 heavy (non-hydrogen) atoms. The molecule has 3 atom stereocenters. The van der Waals surface area contributed by atoms with Crippen molar-refractivity contribution in [3.05, 3.63) is 85.1 Å². The Labute approximate surface area is 539 Å². The summed E-state index contributed by atoms with van der Waals surface area (Å²) in [4.78, 5) is 37.9. The van der Waals surface area contributed by atoms with Gasteiger partial charge < -0.3 is 19.4 Å². The van der Waals surface area contributed by atoms with Crippen LogP contribution < -0.4 is 5.32 Å². The lowest BCUT2D eigenvalue weighted by atomic mass is 10.0. The maximum absolute atomic E-state index is 13.6. The van der Waals surface area contributed by atoms with E-state index in [1.165, 1.54) is 212 Å². The highest BCUT2D eigenvalue weighted by atomic mass is 31.2. The molecule has 0 aliphatic heterocycles. The van der Waals surface area contributed by atoms with Crippen molar-refractivity contribution in [1.29, 1.82) is 0 Å². The number of amides is 1. The Kier molecular flexibility index (Phi) is 64.0. The molecular weight excluding hydrogens is 1100 g/mol. The van der Waals surface area contributed by atoms with Crippen LogP contribution in [0.2, 0.25) is 0 Å². The summed E-state index contributed by atoms with van der Waals surface area (Å²) in [7, 11) is 1.49. The predicted molar refractivity (Wildman–Crippen MR) is 378 cm³/mol. The molecule has 0 fully saturated rings. The predicted octanol–water partition coefficient (Wildman–Crippen LogP) is 23.7. The van der Waals surface area contributed by atoms with Gasteiger partial charge in [0, 0.05) is 12.8 Å². The normalized spacial score (nSPS) is 14.0. The number of nitrogens with one attached hydrogen (secondary N) is 1. The summed E-state index contributed by atoms with van der Waals surface area (Å²) < 4.78 is 30.8. The van der Waals surface area contributed by atoms with Crippen LogP contribution in [0.1, 0.15) is 342 Å². The summed E-state index contributed by atoms with van der Waals surface area (Å²) in [6.07, 6.45) is 88.8. The first kappa shape index (κ1) is 84.2. The van der Waals surface area contributed by atoms with Crippen molar-refractivity contribution in [2.45, 2.75) is 354 Å². The second-order valence-corrected chi connectivity index (χ2v) is 27.6. The van der Waals surface area contributed by atoms with Crippen LogP contribution in [-0.4, -0.2) is 74.3 Å². The SMILES string of the molecule is CCCCC/C=C\C/C=C\C/C=C\C/C=C\CCCCCCCCCCCC(=O)NC(COP(=O)(O)OCC[N+](C)(C)C)C(/C=C/CCCCCCCCCCC)OC(=O)CCCCCCCCCCCCCCCCC/C=C\C/C=C\CCCCC. The maximum Gasteiger partial charge on any atom is 0.472 e. The summed E-state index contributed by atoms with van der Waals surface area (Å²) in [6, 6.07) is -0.856. The molecule has 0 rings (SSSR count). The number of quaternary nitrogens is 1. The molecule has 9 nitrogen and oxygen atoms in total. The van der Waals surface area contributed by atoms with E-state index in [9.17, 15) is 19.0 Å². The third kappa shape index (κ3) is 67.4. The first-order valence-electron chi connectivity index (χ1n) is 36.9. The van der Waals surface area contributed by atoms with Gasteiger partial charge >= 0.3 is 13.8 Å². The minimum absolute atomic E-state index is 0.0370. The Balaban J connectivity index is 4.99. The zero-order chi connectivity index (χ0) is 63.5. The number of phosphoric acid groups is 1. The Hall–Kier alpha value is -2.81. The van der Waals surface area contributed by atoms with Gasteiger partial charge in [0.2, 0.25) is 5.91 Å². The number of rotatable bonds is 67. The molecule has 0 spiro atoms. The minimum atomic E-state index is -4.46. The fourth-order valence-electron chi connectivity index (χ4n) is 10.6. The van der Waals surface area contributed by atoms with Crippen molar-refractivity contribution in [2.24, 2.45) is 0 Å². The van der Waals surface area contributed by atoms with Gasteiger partial charge in [-0.3, -0.25) is 18.6 Å². The number of hydrogen-bond acceptors (Lipinski definition) is 6. The zero-order valence-corrected chi connectivity index (χ0v) is 58.9. The standard InChI is InChI=1S/C77H141N2O7P/c1-7-10-13-16-19-22-25-27-29-31-33-35-37-39-41-43-45-47-49-51-54-57-60-63-66-69-76(80)78-74(73-85-87(82,83)84-72-71-79(4,5)6)75(68-65-62-59-56-53-24-21-18-15-12-9-3)86-77(81)70-67-64-61-58-55-52-50-48-46-44-42-40-38-36-34-32-30-28-26-23-20-17-14-11-8-2/h19-20,22-23,27-30,33,35,39,41,65,68,74-75H,7-18,21,24-26,31-32,34,36-38,40,42-64,66-67,69-73H2,1-6H3,(H-,78,80,82,83)/p+1/b22-19-,23-20-,29-27-,30-28-,35-33-,41-39-,68-65+. The largest absolute Gasteiger partial charge is 0.472 e. The minimum Gasteiger partial charge on any atom is -0.456 e. The van der Waals surface area contributed by atoms with E-state index in [2.05, 4.69) is 99.0 Å². The van der Waals surface area contributed by atoms with Crippen molar-refractivity contribution in [3.8, 4) is 0 Å². The molecule has 0 aromatic carbocycles. The number of phosphoric ester groups is 1. The number of esters is 1. The summed E-state index contributed by atoms with van der Waals surface area (Å²) in [5.41, 5.74) is 0. The fourth-order valence-corrected chi connectivity index (χ4v) is 11.3. The zero-order valence-electron chi connectivity index (χ0n) is 58.0. The highest BCUT2D eigenvalue weighted by Crippen LogP contribution is 2.43. The molecule has 506 valence electrons. The summed E-state index contributed by atoms with van der Waals surface area (Å²) >= 11 is 0. The highest BCUT2D eigenvalue weighted by Gasteiger charge is 2.30. The van der Waals surface area contributed by atoms with Crippen LogP contribution in [-0.2, 0) is 27.9 Å². The lowest BCUT2D eigenvalue weighted by Crippen LogP contribution is -2.47. The summed E-state index contributed by atoms with van der Waals surface area (Å²) in [5, 5.41) is 3.07. The second-order valence-electron chi connectivity index (χ2n) is 26.1. The molecule has 0 aliphatic carbocycles. The molecule has 0 saturated heterocycles. The van der Waals surface area contributed by atoms with E-state index in [1.54, 1.807) is 0 Å². The van der Waals surface area contributed by atoms with Gasteiger partial charge in [0.05, 0.1) is 33.8 Å². The Morgan fingerprint density at radius 1 is 0.402 bits per heavy atom. The van der Waals surface area contributed by atoms with E-state index >= 15 is 0 Å². The van der Waals surface area contributed by atoms with E-state index in [0.29, 0.717) is 17.4 Å². The van der Waals surface area contributed by atoms with Gasteiger partial charge in [0.25, 0.3) is 0 Å². The van der Waals surface area contributed by atoms with Crippen LogP contribution in [0.15, 0.2) is 85.1 Å². The number of hydrogen-bond donors (Lipinski definition) is 2. The van der Waals surface area contributed by atoms with Crippen LogP contribution in [0.5, 0.6) is 0 Å². The van der Waals surface area contributed by atoms with Crippen molar-refractivity contribution < 1.29 is 37.3 Å². The molecule has 10 heteroatoms. The molecule has 0 aromatic rings. The number of ether oxygens (including phenoxy) is 1. The van der Waals surface area contributed by atoms with Gasteiger partial charge in [-0.15, -0.1) is 0 Å². The molecule has 0 aliphatic rings. The number of carbonyl (C=O) groups is 2. The van der Waals surface area contributed by atoms with E-state index in [1.807, 2.05) is 33.3 Å². The van der Waals surface area contributed by atoms with Gasteiger partial charge in [-0.05, 0) is 109 Å². The third-order valence-corrected chi connectivity index (χ3v) is 17.3. The number of likely N-dealkylation sites (N-methyl/N-ethyl adjacent to an activating group) is 1. The van der Waals surface area contributed by atoms with E-state index < -0.39 is 20.0 Å². The van der Waals surface area contributed by atoms with Gasteiger partial charge in [0.15, 0.2) is 0 Å². The number of allylic oxidation sites excluding steroid dienone is 13. The lowest BCUT2D eigenvalue weighted by Gasteiger charge is -2.27. The van der Waals surface area contributed by atoms with Crippen LogP contribution in [0, 0.1) is 0 Å². The smallest absolute Gasteiger partial charge is 0.456 e. The van der Waals surface area contributed by atoms with E-state index in [0.717, 1.165) is 96.3 Å².